The fourth-order valence-electron chi connectivity index (χ4n) is 2.24. The predicted molar refractivity (Wildman–Crippen MR) is 80.0 cm³/mol. The van der Waals surface area contributed by atoms with E-state index in [4.69, 9.17) is 0 Å². The van der Waals surface area contributed by atoms with Crippen molar-refractivity contribution in [1.29, 1.82) is 0 Å². The minimum Gasteiger partial charge on any atom is -0.424 e. The summed E-state index contributed by atoms with van der Waals surface area (Å²) in [5.41, 5.74) is 0. The molecule has 0 aromatic rings. The Morgan fingerprint density at radius 3 is 1.32 bits per heavy atom. The molecule has 2 fully saturated rings. The molecule has 0 bridgehead atoms. The number of allylic oxidation sites excluding steroid dienone is 4. The van der Waals surface area contributed by atoms with Gasteiger partial charge in [0.15, 0.2) is 0 Å². The first-order valence-electron chi connectivity index (χ1n) is 6.85. The summed E-state index contributed by atoms with van der Waals surface area (Å²) in [5, 5.41) is 0. The van der Waals surface area contributed by atoms with E-state index < -0.39 is 21.4 Å². The third-order valence-electron chi connectivity index (χ3n) is 3.53. The van der Waals surface area contributed by atoms with Crippen LogP contribution in [0.2, 0.25) is 0 Å². The van der Waals surface area contributed by atoms with Crippen molar-refractivity contribution in [3.8, 4) is 0 Å². The summed E-state index contributed by atoms with van der Waals surface area (Å²) in [6.07, 6.45) is 10.2. The molecule has 0 amide bonds. The van der Waals surface area contributed by atoms with Crippen LogP contribution in [-0.2, 0) is 38.2 Å². The zero-order chi connectivity index (χ0) is 15.1. The summed E-state index contributed by atoms with van der Waals surface area (Å²) < 4.78 is 40.7. The Morgan fingerprint density at radius 1 is 0.773 bits per heavy atom. The molecule has 0 N–H and O–H groups in total. The molecular weight excluding hydrogens is 342 g/mol. The normalized spacial score (nSPS) is 28.9. The van der Waals surface area contributed by atoms with Gasteiger partial charge in [0.2, 0.25) is 0 Å². The van der Waals surface area contributed by atoms with Gasteiger partial charge >= 0.3 is 59.1 Å². The summed E-state index contributed by atoms with van der Waals surface area (Å²) in [5.74, 6) is 2.60. The average molecular weight is 364 g/mol. The number of hydrogen-bond donors (Lipinski definition) is 0. The summed E-state index contributed by atoms with van der Waals surface area (Å²) >= 11 is 0. The molecule has 0 heterocycles. The first kappa shape index (κ1) is 25.6. The van der Waals surface area contributed by atoms with Crippen molar-refractivity contribution >= 4 is 21.4 Å². The van der Waals surface area contributed by atoms with E-state index in [-0.39, 0.29) is 59.1 Å². The van der Waals surface area contributed by atoms with Crippen molar-refractivity contribution in [2.75, 3.05) is 11.5 Å². The van der Waals surface area contributed by atoms with E-state index in [1.807, 2.05) is 26.0 Å². The minimum absolute atomic E-state index is 0. The van der Waals surface area contributed by atoms with Crippen molar-refractivity contribution in [1.82, 2.24) is 0 Å². The minimum atomic E-state index is -1.84. The Morgan fingerprint density at radius 2 is 1.09 bits per heavy atom. The quantitative estimate of drug-likeness (QED) is 0.287. The molecule has 0 saturated heterocycles. The second-order valence-corrected chi connectivity index (χ2v) is 7.19. The summed E-state index contributed by atoms with van der Waals surface area (Å²) in [7, 11) is -3.68. The van der Waals surface area contributed by atoms with Crippen molar-refractivity contribution in [3.63, 3.8) is 0 Å². The van der Waals surface area contributed by atoms with E-state index in [2.05, 4.69) is 12.2 Å². The van der Waals surface area contributed by atoms with Crippen LogP contribution in [-0.4, -0.2) is 11.5 Å². The smallest absolute Gasteiger partial charge is 0.424 e. The van der Waals surface area contributed by atoms with Crippen molar-refractivity contribution < 1.29 is 76.0 Å². The van der Waals surface area contributed by atoms with E-state index in [1.165, 1.54) is 0 Å². The van der Waals surface area contributed by atoms with Gasteiger partial charge in [-0.2, -0.15) is 0 Å². The zero-order valence-corrected chi connectivity index (χ0v) is 19.5. The van der Waals surface area contributed by atoms with Crippen LogP contribution >= 0.6 is 0 Å². The van der Waals surface area contributed by atoms with E-state index in [0.29, 0.717) is 35.2 Å². The van der Waals surface area contributed by atoms with Crippen LogP contribution in [0.4, 0.5) is 0 Å². The maximum Gasteiger partial charge on any atom is 1.00 e. The third kappa shape index (κ3) is 11.8. The van der Waals surface area contributed by atoms with Gasteiger partial charge in [-0.25, -0.2) is 0 Å². The fraction of sp³-hybridized carbons (Fsp3) is 0.714. The van der Waals surface area contributed by atoms with Gasteiger partial charge < -0.3 is 16.8 Å². The zero-order valence-electron chi connectivity index (χ0n) is 13.9. The van der Waals surface area contributed by atoms with E-state index >= 15 is 0 Å². The Kier molecular flexibility index (Phi) is 15.9. The number of rotatable bonds is 6. The van der Waals surface area contributed by atoms with Crippen LogP contribution in [0.25, 0.3) is 0 Å². The maximum atomic E-state index is 10.2. The summed E-state index contributed by atoms with van der Waals surface area (Å²) in [6.45, 7) is 3.92. The van der Waals surface area contributed by atoms with Crippen molar-refractivity contribution in [2.45, 2.75) is 26.7 Å². The first-order valence-corrected chi connectivity index (χ1v) is 9.34. The van der Waals surface area contributed by atoms with E-state index in [0.717, 1.165) is 12.8 Å². The molecule has 2 saturated carbocycles. The summed E-state index contributed by atoms with van der Waals surface area (Å²) in [6, 6.07) is 0. The standard InChI is InChI=1S/2C7H11O2S.2Na/c2*1-2-3-6-4-7(6)5-10(8)9;;/h2*2-3,6-7H,4-5H2,1H3;;/q2*-1;2*+1/b2*3-2+;;/t2*6-,7-;;/m10../s1. The maximum absolute atomic E-state index is 10.2. The largest absolute Gasteiger partial charge is 1.00 e. The van der Waals surface area contributed by atoms with Crippen LogP contribution in [0.15, 0.2) is 24.3 Å². The van der Waals surface area contributed by atoms with Gasteiger partial charge in [0.1, 0.15) is 0 Å². The fourth-order valence-corrected chi connectivity index (χ4v) is 3.71. The molecule has 2 aliphatic rings. The Hall–Kier alpha value is 1.38. The Labute approximate surface area is 181 Å². The van der Waals surface area contributed by atoms with Crippen molar-refractivity contribution in [3.05, 3.63) is 24.3 Å². The van der Waals surface area contributed by atoms with Crippen molar-refractivity contribution in [2.24, 2.45) is 23.7 Å². The molecule has 116 valence electrons. The molecule has 0 radical (unpaired) electrons. The Bertz CT molecular complexity index is 451. The van der Waals surface area contributed by atoms with Gasteiger partial charge in [-0.05, 0) is 50.4 Å². The van der Waals surface area contributed by atoms with Gasteiger partial charge in [0, 0.05) is 0 Å². The number of hydrogen-bond acceptors (Lipinski definition) is 6. The SMILES string of the molecule is C/C=C/[C@@H]1C[C@@H]1C[S-](=O)=O.C/C=C/[C@H]1C[C@H]1C[S-](=O)=O.[Na+].[Na+]. The van der Waals surface area contributed by atoms with Crippen LogP contribution in [0.5, 0.6) is 0 Å². The summed E-state index contributed by atoms with van der Waals surface area (Å²) in [4.78, 5) is 0. The molecule has 8 heteroatoms. The van der Waals surface area contributed by atoms with Crippen LogP contribution in [0, 0.1) is 23.7 Å². The monoisotopic (exact) mass is 364 g/mol. The molecule has 0 spiro atoms. The predicted octanol–water partition coefficient (Wildman–Crippen LogP) is -2.98. The van der Waals surface area contributed by atoms with Gasteiger partial charge in [-0.3, -0.25) is 0 Å². The van der Waals surface area contributed by atoms with Gasteiger partial charge in [-0.1, -0.05) is 57.2 Å². The second-order valence-electron chi connectivity index (χ2n) is 5.31. The average Bonchev–Trinajstić information content (AvgIpc) is 3.21. The molecule has 0 unspecified atom stereocenters. The third-order valence-corrected chi connectivity index (χ3v) is 4.93. The molecule has 22 heavy (non-hydrogen) atoms. The van der Waals surface area contributed by atoms with E-state index in [9.17, 15) is 16.8 Å². The van der Waals surface area contributed by atoms with Gasteiger partial charge in [0.05, 0.1) is 0 Å². The van der Waals surface area contributed by atoms with Crippen LogP contribution in [0.3, 0.4) is 0 Å². The van der Waals surface area contributed by atoms with E-state index in [1.54, 1.807) is 0 Å². The second kappa shape index (κ2) is 13.6. The Balaban J connectivity index is 0. The molecular formula is C14H22Na2O4S2. The molecule has 4 atom stereocenters. The van der Waals surface area contributed by atoms with Crippen LogP contribution in [0.1, 0.15) is 26.7 Å². The van der Waals surface area contributed by atoms with Crippen LogP contribution < -0.4 is 59.1 Å². The molecule has 2 rings (SSSR count). The topological polar surface area (TPSA) is 68.3 Å². The molecule has 2 aliphatic carbocycles. The molecule has 0 aromatic heterocycles. The molecule has 0 aliphatic heterocycles. The van der Waals surface area contributed by atoms with Gasteiger partial charge in [0.25, 0.3) is 0 Å². The van der Waals surface area contributed by atoms with Gasteiger partial charge in [-0.15, -0.1) is 0 Å². The molecule has 0 aromatic carbocycles. The first-order chi connectivity index (χ1) is 9.47. The molecule has 4 nitrogen and oxygen atoms in total.